The fourth-order valence-corrected chi connectivity index (χ4v) is 3.19. The maximum absolute atomic E-state index is 12.2. The van der Waals surface area contributed by atoms with Crippen molar-refractivity contribution in [2.75, 3.05) is 0 Å². The Morgan fingerprint density at radius 2 is 2.31 bits per heavy atom. The predicted molar refractivity (Wildman–Crippen MR) is 60.2 cm³/mol. The number of pyridine rings is 1. The molecule has 7 heteroatoms. The number of hydrogen-bond donors (Lipinski definition) is 1. The molecule has 0 saturated heterocycles. The average Bonchev–Trinajstić information content (AvgIpc) is 2.96. The zero-order chi connectivity index (χ0) is 11.5. The first-order valence-electron chi connectivity index (χ1n) is 4.74. The van der Waals surface area contributed by atoms with Gasteiger partial charge in [0.15, 0.2) is 4.90 Å². The van der Waals surface area contributed by atoms with Crippen LogP contribution in [0.5, 0.6) is 5.88 Å². The number of hydrogen-bond acceptors (Lipinski definition) is 3. The molecule has 0 radical (unpaired) electrons. The van der Waals surface area contributed by atoms with E-state index >= 15 is 0 Å². The van der Waals surface area contributed by atoms with Crippen LogP contribution in [-0.4, -0.2) is 25.6 Å². The SMILES string of the molecule is O=S1(O)(Cl)N=CC2(CC2)Oc2ncccc21. The van der Waals surface area contributed by atoms with Crippen LogP contribution >= 0.6 is 10.7 Å². The monoisotopic (exact) mass is 260 g/mol. The molecule has 0 bridgehead atoms. The van der Waals surface area contributed by atoms with Gasteiger partial charge in [0.2, 0.25) is 5.88 Å². The minimum atomic E-state index is -4.72. The molecule has 1 spiro atoms. The van der Waals surface area contributed by atoms with Crippen molar-refractivity contribution >= 4 is 25.6 Å². The molecular weight excluding hydrogens is 252 g/mol. The molecule has 1 aliphatic heterocycles. The quantitative estimate of drug-likeness (QED) is 0.722. The Hall–Kier alpha value is -0.980. The van der Waals surface area contributed by atoms with Gasteiger partial charge in [-0.15, -0.1) is 0 Å². The third-order valence-corrected chi connectivity index (χ3v) is 4.88. The van der Waals surface area contributed by atoms with Gasteiger partial charge in [-0.3, -0.25) is 4.55 Å². The van der Waals surface area contributed by atoms with Crippen LogP contribution in [0.4, 0.5) is 0 Å². The molecule has 0 atom stereocenters. The summed E-state index contributed by atoms with van der Waals surface area (Å²) in [6.07, 6.45) is 4.33. The summed E-state index contributed by atoms with van der Waals surface area (Å²) >= 11 is 0. The van der Waals surface area contributed by atoms with Gasteiger partial charge in [-0.25, -0.2) is 4.98 Å². The second-order valence-corrected chi connectivity index (χ2v) is 7.85. The van der Waals surface area contributed by atoms with Crippen molar-refractivity contribution in [3.63, 3.8) is 0 Å². The number of fused-ring (bicyclic) bond motifs is 1. The summed E-state index contributed by atoms with van der Waals surface area (Å²) in [4.78, 5) is 3.87. The van der Waals surface area contributed by atoms with Crippen LogP contribution in [0.3, 0.4) is 0 Å². The highest BCUT2D eigenvalue weighted by Crippen LogP contribution is 2.49. The van der Waals surface area contributed by atoms with Gasteiger partial charge < -0.3 is 4.74 Å². The lowest BCUT2D eigenvalue weighted by Gasteiger charge is -2.29. The smallest absolute Gasteiger partial charge is 0.240 e. The van der Waals surface area contributed by atoms with Crippen LogP contribution in [0, 0.1) is 0 Å². The summed E-state index contributed by atoms with van der Waals surface area (Å²) in [7, 11) is 0.990. The number of ether oxygens (including phenoxy) is 1. The van der Waals surface area contributed by atoms with E-state index < -0.39 is 14.3 Å². The summed E-state index contributed by atoms with van der Waals surface area (Å²) in [6.45, 7) is 0. The van der Waals surface area contributed by atoms with E-state index in [4.69, 9.17) is 15.4 Å². The molecule has 1 aromatic heterocycles. The standard InChI is InChI=1S/C9H9ClN2O3S/c10-16(13,14)7-2-1-5-11-8(7)15-9(3-4-9)6-12-16/h1-2,5-6H,3-4H2,(H,13,14). The fourth-order valence-electron chi connectivity index (χ4n) is 1.53. The third kappa shape index (κ3) is 1.45. The molecular formula is C9H9ClN2O3S. The minimum Gasteiger partial charge on any atom is -0.464 e. The molecule has 3 rings (SSSR count). The largest absolute Gasteiger partial charge is 0.464 e. The van der Waals surface area contributed by atoms with Gasteiger partial charge in [0.25, 0.3) is 0 Å². The van der Waals surface area contributed by atoms with Gasteiger partial charge >= 0.3 is 0 Å². The Balaban J connectivity index is 2.28. The Kier molecular flexibility index (Phi) is 1.68. The highest BCUT2D eigenvalue weighted by molar-refractivity contribution is 8.33. The Labute approximate surface area is 96.4 Å². The molecule has 1 aliphatic carbocycles. The number of aromatic nitrogens is 1. The van der Waals surface area contributed by atoms with Crippen molar-refractivity contribution in [3.05, 3.63) is 18.3 Å². The van der Waals surface area contributed by atoms with Crippen LogP contribution < -0.4 is 4.74 Å². The van der Waals surface area contributed by atoms with Gasteiger partial charge in [0, 0.05) is 16.9 Å². The molecule has 0 amide bonds. The van der Waals surface area contributed by atoms with E-state index in [1.54, 1.807) is 0 Å². The second-order valence-electron chi connectivity index (χ2n) is 3.98. The summed E-state index contributed by atoms with van der Waals surface area (Å²) < 4.78 is 31.3. The number of rotatable bonds is 0. The van der Waals surface area contributed by atoms with Crippen molar-refractivity contribution in [1.29, 1.82) is 0 Å². The lowest BCUT2D eigenvalue weighted by atomic mass is 10.4. The van der Waals surface area contributed by atoms with Gasteiger partial charge in [-0.2, -0.15) is 8.61 Å². The molecule has 1 saturated carbocycles. The molecule has 1 N–H and O–H groups in total. The number of nitrogens with zero attached hydrogens (tertiary/aromatic N) is 2. The van der Waals surface area contributed by atoms with Crippen LogP contribution in [0.15, 0.2) is 27.6 Å². The molecule has 0 unspecified atom stereocenters. The zero-order valence-electron chi connectivity index (χ0n) is 8.17. The molecule has 2 aliphatic rings. The second kappa shape index (κ2) is 2.64. The molecule has 16 heavy (non-hydrogen) atoms. The van der Waals surface area contributed by atoms with E-state index in [0.717, 1.165) is 12.8 Å². The van der Waals surface area contributed by atoms with Crippen molar-refractivity contribution in [2.45, 2.75) is 23.3 Å². The van der Waals surface area contributed by atoms with Crippen LogP contribution in [0.2, 0.25) is 0 Å². The predicted octanol–water partition coefficient (Wildman–Crippen LogP) is 1.80. The summed E-state index contributed by atoms with van der Waals surface area (Å²) in [5.41, 5.74) is -0.584. The average molecular weight is 261 g/mol. The van der Waals surface area contributed by atoms with Gasteiger partial charge in [0.1, 0.15) is 5.60 Å². The molecule has 1 fully saturated rings. The van der Waals surface area contributed by atoms with E-state index in [1.165, 1.54) is 24.5 Å². The first kappa shape index (κ1) is 10.2. The Morgan fingerprint density at radius 1 is 1.56 bits per heavy atom. The molecule has 0 aromatic carbocycles. The first-order chi connectivity index (χ1) is 7.39. The highest BCUT2D eigenvalue weighted by atomic mass is 35.7. The van der Waals surface area contributed by atoms with Gasteiger partial charge in [0.05, 0.1) is 6.21 Å². The van der Waals surface area contributed by atoms with E-state index in [1.807, 2.05) is 0 Å². The van der Waals surface area contributed by atoms with Crippen LogP contribution in [0.1, 0.15) is 12.8 Å². The lowest BCUT2D eigenvalue weighted by Crippen LogP contribution is -2.21. The molecule has 86 valence electrons. The fraction of sp³-hybridized carbons (Fsp3) is 0.333. The molecule has 1 aromatic rings. The van der Waals surface area contributed by atoms with Crippen LogP contribution in [0.25, 0.3) is 0 Å². The van der Waals surface area contributed by atoms with Gasteiger partial charge in [-0.1, -0.05) is 0 Å². The maximum Gasteiger partial charge on any atom is 0.240 e. The Morgan fingerprint density at radius 3 is 3.00 bits per heavy atom. The van der Waals surface area contributed by atoms with E-state index in [9.17, 15) is 8.76 Å². The minimum absolute atomic E-state index is 0.0683. The lowest BCUT2D eigenvalue weighted by molar-refractivity contribution is 0.237. The van der Waals surface area contributed by atoms with Crippen molar-refractivity contribution < 1.29 is 13.5 Å². The van der Waals surface area contributed by atoms with Crippen molar-refractivity contribution in [3.8, 4) is 5.88 Å². The normalized spacial score (nSPS) is 29.2. The summed E-state index contributed by atoms with van der Waals surface area (Å²) in [5, 5.41) is 0. The van der Waals surface area contributed by atoms with Crippen molar-refractivity contribution in [1.82, 2.24) is 4.98 Å². The zero-order valence-corrected chi connectivity index (χ0v) is 9.74. The molecule has 2 heterocycles. The highest BCUT2D eigenvalue weighted by Gasteiger charge is 2.49. The third-order valence-electron chi connectivity index (χ3n) is 2.62. The van der Waals surface area contributed by atoms with Crippen molar-refractivity contribution in [2.24, 2.45) is 4.40 Å². The van der Waals surface area contributed by atoms with Crippen LogP contribution in [-0.2, 0) is 8.75 Å². The Bertz CT molecular complexity index is 562. The topological polar surface area (TPSA) is 71.8 Å². The number of halogens is 1. The summed E-state index contributed by atoms with van der Waals surface area (Å²) in [5.74, 6) is 0.0898. The first-order valence-corrected chi connectivity index (χ1v) is 7.45. The molecule has 5 nitrogen and oxygen atoms in total. The summed E-state index contributed by atoms with van der Waals surface area (Å²) in [6, 6.07) is 2.93. The van der Waals surface area contributed by atoms with E-state index in [2.05, 4.69) is 9.38 Å². The van der Waals surface area contributed by atoms with E-state index in [0.29, 0.717) is 0 Å². The van der Waals surface area contributed by atoms with E-state index in [-0.39, 0.29) is 10.8 Å². The van der Waals surface area contributed by atoms with Gasteiger partial charge in [-0.05, 0) is 33.7 Å². The maximum atomic E-state index is 12.2.